The highest BCUT2D eigenvalue weighted by atomic mass is 35.5. The van der Waals surface area contributed by atoms with Crippen LogP contribution in [0.4, 0.5) is 0 Å². The van der Waals surface area contributed by atoms with Gasteiger partial charge in [0.25, 0.3) is 5.91 Å². The Balaban J connectivity index is 1.63. The third kappa shape index (κ3) is 3.94. The van der Waals surface area contributed by atoms with Gasteiger partial charge in [0, 0.05) is 35.2 Å². The highest BCUT2D eigenvalue weighted by Gasteiger charge is 2.28. The standard InChI is InChI=1S/C20H18ClNO4/c21-17-6-4-13(5-7-17)18(23)14-8-10-22(11-9-14)19(24)15-2-1-3-16(12-15)20(25)26/h1-7,12,14H,8-11H2,(H,25,26). The molecule has 0 aromatic heterocycles. The molecule has 0 spiro atoms. The molecule has 26 heavy (non-hydrogen) atoms. The molecule has 1 fully saturated rings. The van der Waals surface area contributed by atoms with Crippen LogP contribution in [0.2, 0.25) is 5.02 Å². The predicted molar refractivity (Wildman–Crippen MR) is 97.8 cm³/mol. The summed E-state index contributed by atoms with van der Waals surface area (Å²) in [6, 6.07) is 12.9. The summed E-state index contributed by atoms with van der Waals surface area (Å²) in [5.41, 5.74) is 1.07. The summed E-state index contributed by atoms with van der Waals surface area (Å²) in [5.74, 6) is -1.32. The Kier molecular flexibility index (Phi) is 5.38. The van der Waals surface area contributed by atoms with E-state index in [1.165, 1.54) is 12.1 Å². The van der Waals surface area contributed by atoms with E-state index in [9.17, 15) is 14.4 Å². The van der Waals surface area contributed by atoms with Crippen LogP contribution in [0.15, 0.2) is 48.5 Å². The van der Waals surface area contributed by atoms with E-state index in [-0.39, 0.29) is 23.2 Å². The van der Waals surface area contributed by atoms with Gasteiger partial charge in [-0.2, -0.15) is 0 Å². The van der Waals surface area contributed by atoms with Gasteiger partial charge in [0.2, 0.25) is 0 Å². The number of benzene rings is 2. The van der Waals surface area contributed by atoms with Gasteiger partial charge in [-0.25, -0.2) is 4.79 Å². The quantitative estimate of drug-likeness (QED) is 0.830. The Hall–Kier alpha value is -2.66. The number of hydrogen-bond donors (Lipinski definition) is 1. The van der Waals surface area contributed by atoms with Crippen LogP contribution in [0, 0.1) is 5.92 Å². The first-order valence-electron chi connectivity index (χ1n) is 8.38. The normalized spacial score (nSPS) is 14.9. The minimum atomic E-state index is -1.06. The number of halogens is 1. The van der Waals surface area contributed by atoms with Crippen LogP contribution < -0.4 is 0 Å². The zero-order chi connectivity index (χ0) is 18.7. The molecule has 0 atom stereocenters. The van der Waals surface area contributed by atoms with Crippen molar-refractivity contribution in [2.24, 2.45) is 5.92 Å². The van der Waals surface area contributed by atoms with Gasteiger partial charge >= 0.3 is 5.97 Å². The molecule has 1 N–H and O–H groups in total. The number of carbonyl (C=O) groups is 3. The maximum Gasteiger partial charge on any atom is 0.335 e. The molecule has 1 heterocycles. The molecule has 1 saturated heterocycles. The van der Waals surface area contributed by atoms with Gasteiger partial charge in [0.15, 0.2) is 5.78 Å². The molecule has 134 valence electrons. The molecule has 0 aliphatic carbocycles. The molecule has 0 unspecified atom stereocenters. The predicted octanol–water partition coefficient (Wildman–Crippen LogP) is 3.77. The number of likely N-dealkylation sites (tertiary alicyclic amines) is 1. The second-order valence-electron chi connectivity index (χ2n) is 6.32. The Morgan fingerprint density at radius 2 is 1.54 bits per heavy atom. The number of rotatable bonds is 4. The van der Waals surface area contributed by atoms with Crippen molar-refractivity contribution in [3.8, 4) is 0 Å². The number of hydrogen-bond acceptors (Lipinski definition) is 3. The maximum absolute atomic E-state index is 12.6. The summed E-state index contributed by atoms with van der Waals surface area (Å²) in [4.78, 5) is 37.9. The third-order valence-corrected chi connectivity index (χ3v) is 4.89. The Bertz CT molecular complexity index is 839. The fourth-order valence-electron chi connectivity index (χ4n) is 3.16. The Morgan fingerprint density at radius 3 is 2.15 bits per heavy atom. The van der Waals surface area contributed by atoms with E-state index in [1.54, 1.807) is 41.3 Å². The zero-order valence-corrected chi connectivity index (χ0v) is 14.8. The van der Waals surface area contributed by atoms with Gasteiger partial charge in [-0.15, -0.1) is 0 Å². The van der Waals surface area contributed by atoms with Crippen molar-refractivity contribution >= 4 is 29.3 Å². The van der Waals surface area contributed by atoms with Crippen molar-refractivity contribution in [1.82, 2.24) is 4.90 Å². The molecule has 0 bridgehead atoms. The average molecular weight is 372 g/mol. The lowest BCUT2D eigenvalue weighted by atomic mass is 9.88. The fraction of sp³-hybridized carbons (Fsp3) is 0.250. The van der Waals surface area contributed by atoms with E-state index < -0.39 is 5.97 Å². The first kappa shape index (κ1) is 18.1. The van der Waals surface area contributed by atoms with Gasteiger partial charge in [-0.1, -0.05) is 17.7 Å². The van der Waals surface area contributed by atoms with E-state index >= 15 is 0 Å². The molecule has 0 radical (unpaired) electrons. The molecule has 1 aliphatic heterocycles. The third-order valence-electron chi connectivity index (χ3n) is 4.64. The minimum absolute atomic E-state index is 0.0710. The largest absolute Gasteiger partial charge is 0.478 e. The van der Waals surface area contributed by atoms with Crippen LogP contribution in [0.1, 0.15) is 43.9 Å². The molecular formula is C20H18ClNO4. The number of aromatic carboxylic acids is 1. The molecule has 2 aromatic rings. The van der Waals surface area contributed by atoms with Crippen molar-refractivity contribution in [1.29, 1.82) is 0 Å². The number of nitrogens with zero attached hydrogens (tertiary/aromatic N) is 1. The van der Waals surface area contributed by atoms with Crippen molar-refractivity contribution in [2.45, 2.75) is 12.8 Å². The van der Waals surface area contributed by atoms with Gasteiger partial charge in [-0.3, -0.25) is 9.59 Å². The van der Waals surface area contributed by atoms with Crippen LogP contribution in [0.25, 0.3) is 0 Å². The fourth-order valence-corrected chi connectivity index (χ4v) is 3.29. The van der Waals surface area contributed by atoms with Gasteiger partial charge < -0.3 is 10.0 Å². The highest BCUT2D eigenvalue weighted by molar-refractivity contribution is 6.30. The first-order chi connectivity index (χ1) is 12.5. The smallest absolute Gasteiger partial charge is 0.335 e. The molecule has 5 nitrogen and oxygen atoms in total. The molecule has 2 aromatic carbocycles. The molecule has 1 amide bonds. The number of carbonyl (C=O) groups excluding carboxylic acids is 2. The number of ketones is 1. The lowest BCUT2D eigenvalue weighted by molar-refractivity contribution is 0.0650. The minimum Gasteiger partial charge on any atom is -0.478 e. The van der Waals surface area contributed by atoms with Crippen LogP contribution in [-0.4, -0.2) is 40.8 Å². The van der Waals surface area contributed by atoms with Crippen molar-refractivity contribution in [3.05, 3.63) is 70.2 Å². The van der Waals surface area contributed by atoms with Crippen molar-refractivity contribution in [3.63, 3.8) is 0 Å². The van der Waals surface area contributed by atoms with E-state index in [1.807, 2.05) is 0 Å². The maximum atomic E-state index is 12.6. The van der Waals surface area contributed by atoms with Crippen molar-refractivity contribution in [2.75, 3.05) is 13.1 Å². The average Bonchev–Trinajstić information content (AvgIpc) is 2.67. The number of carboxylic acids is 1. The van der Waals surface area contributed by atoms with Crippen LogP contribution in [0.3, 0.4) is 0 Å². The van der Waals surface area contributed by atoms with E-state index in [4.69, 9.17) is 16.7 Å². The second-order valence-corrected chi connectivity index (χ2v) is 6.76. The molecule has 3 rings (SSSR count). The summed E-state index contributed by atoms with van der Waals surface area (Å²) in [5, 5.41) is 9.64. The Morgan fingerprint density at radius 1 is 0.923 bits per heavy atom. The SMILES string of the molecule is O=C(O)c1cccc(C(=O)N2CCC(C(=O)c3ccc(Cl)cc3)CC2)c1. The summed E-state index contributed by atoms with van der Waals surface area (Å²) in [7, 11) is 0. The summed E-state index contributed by atoms with van der Waals surface area (Å²) in [6.07, 6.45) is 1.18. The number of piperidine rings is 1. The van der Waals surface area contributed by atoms with Crippen LogP contribution >= 0.6 is 11.6 Å². The lowest BCUT2D eigenvalue weighted by Gasteiger charge is -2.31. The molecule has 6 heteroatoms. The topological polar surface area (TPSA) is 74.7 Å². The van der Waals surface area contributed by atoms with Crippen LogP contribution in [-0.2, 0) is 0 Å². The summed E-state index contributed by atoms with van der Waals surface area (Å²) >= 11 is 5.85. The van der Waals surface area contributed by atoms with E-state index in [0.717, 1.165) is 0 Å². The molecule has 1 aliphatic rings. The first-order valence-corrected chi connectivity index (χ1v) is 8.76. The molecule has 0 saturated carbocycles. The number of Topliss-reactive ketones (excluding diaryl/α,β-unsaturated/α-hetero) is 1. The Labute approximate surface area is 156 Å². The van der Waals surface area contributed by atoms with E-state index in [0.29, 0.717) is 42.1 Å². The summed E-state index contributed by atoms with van der Waals surface area (Å²) in [6.45, 7) is 0.945. The van der Waals surface area contributed by atoms with Crippen LogP contribution in [0.5, 0.6) is 0 Å². The van der Waals surface area contributed by atoms with Gasteiger partial charge in [0.05, 0.1) is 5.56 Å². The van der Waals surface area contributed by atoms with Gasteiger partial charge in [0.1, 0.15) is 0 Å². The molecular weight excluding hydrogens is 354 g/mol. The highest BCUT2D eigenvalue weighted by Crippen LogP contribution is 2.24. The monoisotopic (exact) mass is 371 g/mol. The number of amides is 1. The zero-order valence-electron chi connectivity index (χ0n) is 14.0. The van der Waals surface area contributed by atoms with Crippen molar-refractivity contribution < 1.29 is 19.5 Å². The van der Waals surface area contributed by atoms with Gasteiger partial charge in [-0.05, 0) is 55.3 Å². The second kappa shape index (κ2) is 7.70. The number of carboxylic acid groups (broad SMARTS) is 1. The van der Waals surface area contributed by atoms with E-state index in [2.05, 4.69) is 0 Å². The summed E-state index contributed by atoms with van der Waals surface area (Å²) < 4.78 is 0. The lowest BCUT2D eigenvalue weighted by Crippen LogP contribution is -2.40.